The fourth-order valence-corrected chi connectivity index (χ4v) is 2.15. The molecule has 0 amide bonds. The lowest BCUT2D eigenvalue weighted by Gasteiger charge is -2.19. The van der Waals surface area contributed by atoms with Gasteiger partial charge in [0.05, 0.1) is 0 Å². The van der Waals surface area contributed by atoms with E-state index >= 15 is 0 Å². The van der Waals surface area contributed by atoms with Crippen LogP contribution in [-0.2, 0) is 4.57 Å². The van der Waals surface area contributed by atoms with Gasteiger partial charge in [-0.2, -0.15) is 22.0 Å². The number of rotatable bonds is 9. The van der Waals surface area contributed by atoms with Gasteiger partial charge in [0.2, 0.25) is 0 Å². The highest BCUT2D eigenvalue weighted by molar-refractivity contribution is 7.51. The van der Waals surface area contributed by atoms with Crippen LogP contribution in [0.15, 0.2) is 0 Å². The van der Waals surface area contributed by atoms with Crippen LogP contribution in [0.4, 0.5) is 22.0 Å². The minimum absolute atomic E-state index is 0.217. The summed E-state index contributed by atoms with van der Waals surface area (Å²) in [4.78, 5) is 17.1. The van der Waals surface area contributed by atoms with E-state index < -0.39 is 26.1 Å². The minimum atomic E-state index is -5.49. The third-order valence-corrected chi connectivity index (χ3v) is 3.50. The lowest BCUT2D eigenvalue weighted by molar-refractivity contribution is -0.284. The van der Waals surface area contributed by atoms with Crippen LogP contribution in [0, 0.1) is 0 Å². The first-order valence-corrected chi connectivity index (χ1v) is 7.74. The molecule has 0 bridgehead atoms. The molecule has 0 aliphatic rings. The Hall–Kier alpha value is -0.200. The summed E-state index contributed by atoms with van der Waals surface area (Å²) in [5.41, 5.74) is 0. The Morgan fingerprint density at radius 2 is 1.21 bits per heavy atom. The van der Waals surface area contributed by atoms with Crippen molar-refractivity contribution < 1.29 is 36.3 Å². The van der Waals surface area contributed by atoms with Gasteiger partial charge in [-0.05, 0) is 12.8 Å². The van der Waals surface area contributed by atoms with Crippen molar-refractivity contribution in [1.29, 1.82) is 0 Å². The molecule has 19 heavy (non-hydrogen) atoms. The fraction of sp³-hybridized carbons (Fsp3) is 1.00. The maximum Gasteiger partial charge on any atom is 0.453 e. The summed E-state index contributed by atoms with van der Waals surface area (Å²) >= 11 is 0. The van der Waals surface area contributed by atoms with E-state index in [1.807, 2.05) is 0 Å². The van der Waals surface area contributed by atoms with E-state index in [-0.39, 0.29) is 19.0 Å². The minimum Gasteiger partial charge on any atom is -0.324 e. The number of alkyl halides is 5. The second-order valence-corrected chi connectivity index (χ2v) is 6.24. The number of halogens is 5. The van der Waals surface area contributed by atoms with Crippen molar-refractivity contribution in [3.63, 3.8) is 0 Å². The van der Waals surface area contributed by atoms with Crippen molar-refractivity contribution >= 4 is 7.60 Å². The smallest absolute Gasteiger partial charge is 0.324 e. The molecule has 0 spiro atoms. The predicted molar refractivity (Wildman–Crippen MR) is 60.2 cm³/mol. The van der Waals surface area contributed by atoms with Crippen molar-refractivity contribution in [3.8, 4) is 0 Å². The van der Waals surface area contributed by atoms with Gasteiger partial charge >= 0.3 is 19.7 Å². The summed E-state index contributed by atoms with van der Waals surface area (Å²) in [5.74, 6) is -4.63. The van der Waals surface area contributed by atoms with Gasteiger partial charge in [-0.1, -0.05) is 25.7 Å². The Balaban J connectivity index is 3.54. The second kappa shape index (κ2) is 7.55. The molecule has 0 aromatic carbocycles. The second-order valence-electron chi connectivity index (χ2n) is 4.46. The summed E-state index contributed by atoms with van der Waals surface area (Å²) in [7, 11) is -3.99. The van der Waals surface area contributed by atoms with E-state index in [0.717, 1.165) is 0 Å². The van der Waals surface area contributed by atoms with Gasteiger partial charge in [0.25, 0.3) is 0 Å². The van der Waals surface area contributed by atoms with Crippen LogP contribution in [0.5, 0.6) is 0 Å². The molecular weight excluding hydrogens is 294 g/mol. The molecule has 0 saturated carbocycles. The summed E-state index contributed by atoms with van der Waals surface area (Å²) in [6, 6.07) is 0. The molecule has 116 valence electrons. The van der Waals surface area contributed by atoms with Gasteiger partial charge in [0, 0.05) is 12.6 Å². The molecule has 0 aliphatic heterocycles. The average molecular weight is 312 g/mol. The van der Waals surface area contributed by atoms with Crippen LogP contribution >= 0.6 is 7.60 Å². The Morgan fingerprint density at radius 3 is 1.63 bits per heavy atom. The maximum absolute atomic E-state index is 12.5. The predicted octanol–water partition coefficient (Wildman–Crippen LogP) is 4.09. The van der Waals surface area contributed by atoms with E-state index in [4.69, 9.17) is 9.79 Å². The number of hydrogen-bond donors (Lipinski definition) is 2. The van der Waals surface area contributed by atoms with Crippen LogP contribution in [-0.4, -0.2) is 28.0 Å². The quantitative estimate of drug-likeness (QED) is 0.383. The molecule has 0 aliphatic carbocycles. The van der Waals surface area contributed by atoms with Crippen LogP contribution < -0.4 is 0 Å². The average Bonchev–Trinajstić information content (AvgIpc) is 2.18. The number of unbranched alkanes of at least 4 members (excludes halogenated alkanes) is 5. The third kappa shape index (κ3) is 9.35. The molecule has 3 nitrogen and oxygen atoms in total. The molecule has 0 saturated heterocycles. The van der Waals surface area contributed by atoms with Crippen molar-refractivity contribution in [2.24, 2.45) is 0 Å². The highest BCUT2D eigenvalue weighted by Crippen LogP contribution is 2.39. The molecule has 0 atom stereocenters. The Labute approximate surface area is 108 Å². The van der Waals surface area contributed by atoms with Crippen molar-refractivity contribution in [2.75, 3.05) is 6.16 Å². The first kappa shape index (κ1) is 18.8. The Bertz CT molecular complexity index is 300. The first-order chi connectivity index (χ1) is 8.46. The third-order valence-electron chi connectivity index (χ3n) is 2.60. The van der Waals surface area contributed by atoms with E-state index in [1.165, 1.54) is 0 Å². The molecule has 0 aromatic heterocycles. The van der Waals surface area contributed by atoms with Crippen LogP contribution in [0.25, 0.3) is 0 Å². The first-order valence-electron chi connectivity index (χ1n) is 5.95. The maximum atomic E-state index is 12.5. The standard InChI is InChI=1S/C10H18F5O3P/c11-9(12,10(13,14)15)7-5-3-1-2-4-6-8-19(16,17)18/h1-8H2,(H2,16,17,18). The van der Waals surface area contributed by atoms with Crippen LogP contribution in [0.3, 0.4) is 0 Å². The summed E-state index contributed by atoms with van der Waals surface area (Å²) < 4.78 is 70.8. The molecular formula is C10H18F5O3P. The molecule has 0 aromatic rings. The molecule has 0 heterocycles. The summed E-state index contributed by atoms with van der Waals surface area (Å²) in [6.45, 7) is 0. The normalized spacial score (nSPS) is 13.8. The molecule has 0 fully saturated rings. The van der Waals surface area contributed by atoms with Gasteiger partial charge < -0.3 is 9.79 Å². The van der Waals surface area contributed by atoms with Gasteiger partial charge in [-0.15, -0.1) is 0 Å². The van der Waals surface area contributed by atoms with E-state index in [0.29, 0.717) is 25.7 Å². The molecule has 0 unspecified atom stereocenters. The SMILES string of the molecule is O=P(O)(O)CCCCCCCCC(F)(F)C(F)(F)F. The fourth-order valence-electron chi connectivity index (χ4n) is 1.51. The molecule has 0 radical (unpaired) electrons. The Morgan fingerprint density at radius 1 is 0.789 bits per heavy atom. The van der Waals surface area contributed by atoms with Gasteiger partial charge in [-0.25, -0.2) is 0 Å². The van der Waals surface area contributed by atoms with Gasteiger partial charge in [0.1, 0.15) is 0 Å². The molecule has 0 rings (SSSR count). The van der Waals surface area contributed by atoms with E-state index in [9.17, 15) is 26.5 Å². The largest absolute Gasteiger partial charge is 0.453 e. The zero-order valence-electron chi connectivity index (χ0n) is 10.3. The van der Waals surface area contributed by atoms with Gasteiger partial charge in [-0.3, -0.25) is 4.57 Å². The topological polar surface area (TPSA) is 57.5 Å². The summed E-state index contributed by atoms with van der Waals surface area (Å²) in [6.07, 6.45) is -4.99. The molecule has 2 N–H and O–H groups in total. The van der Waals surface area contributed by atoms with E-state index in [2.05, 4.69) is 0 Å². The number of hydrogen-bond acceptors (Lipinski definition) is 1. The van der Waals surface area contributed by atoms with Gasteiger partial charge in [0.15, 0.2) is 0 Å². The highest BCUT2D eigenvalue weighted by Gasteiger charge is 2.56. The Kier molecular flexibility index (Phi) is 7.47. The zero-order valence-corrected chi connectivity index (χ0v) is 11.2. The lowest BCUT2D eigenvalue weighted by atomic mass is 10.1. The monoisotopic (exact) mass is 312 g/mol. The lowest BCUT2D eigenvalue weighted by Crippen LogP contribution is -2.36. The highest BCUT2D eigenvalue weighted by atomic mass is 31.2. The van der Waals surface area contributed by atoms with Crippen molar-refractivity contribution in [2.45, 2.75) is 57.0 Å². The van der Waals surface area contributed by atoms with Crippen molar-refractivity contribution in [1.82, 2.24) is 0 Å². The zero-order chi connectivity index (χ0) is 15.2. The van der Waals surface area contributed by atoms with Crippen LogP contribution in [0.1, 0.15) is 44.9 Å². The summed E-state index contributed by atoms with van der Waals surface area (Å²) in [5, 5.41) is 0. The van der Waals surface area contributed by atoms with Crippen LogP contribution in [0.2, 0.25) is 0 Å². The van der Waals surface area contributed by atoms with Crippen molar-refractivity contribution in [3.05, 3.63) is 0 Å². The molecule has 9 heteroatoms. The van der Waals surface area contributed by atoms with E-state index in [1.54, 1.807) is 0 Å².